The summed E-state index contributed by atoms with van der Waals surface area (Å²) in [5.41, 5.74) is 4.54. The second kappa shape index (κ2) is 11.2. The Kier molecular flexibility index (Phi) is 7.61. The van der Waals surface area contributed by atoms with Gasteiger partial charge in [-0.1, -0.05) is 78.2 Å². The van der Waals surface area contributed by atoms with Gasteiger partial charge in [-0.25, -0.2) is 0 Å². The second-order valence-electron chi connectivity index (χ2n) is 9.83. The fraction of sp³-hybridized carbons (Fsp3) is 0.290. The third-order valence-corrected chi connectivity index (χ3v) is 7.49. The molecule has 0 aromatic heterocycles. The molecule has 3 aromatic rings. The first kappa shape index (κ1) is 25.1. The topological polar surface area (TPSA) is 58.6 Å². The van der Waals surface area contributed by atoms with Crippen molar-refractivity contribution < 1.29 is 14.3 Å². The van der Waals surface area contributed by atoms with Gasteiger partial charge in [-0.2, -0.15) is 0 Å². The van der Waals surface area contributed by atoms with E-state index in [1.807, 2.05) is 41.3 Å². The van der Waals surface area contributed by atoms with Crippen LogP contribution in [0.15, 0.2) is 78.6 Å². The molecule has 190 valence electrons. The highest BCUT2D eigenvalue weighted by Crippen LogP contribution is 2.34. The highest BCUT2D eigenvalue weighted by Gasteiger charge is 2.41. The lowest BCUT2D eigenvalue weighted by atomic mass is 9.89. The SMILES string of the molecule is Cc1cccc(CN2C(=O)/C(=C\c3ccc(C(=O)NCc4ccccc4Cl)cc3)OC3CCCCC32)c1. The van der Waals surface area contributed by atoms with E-state index in [4.69, 9.17) is 16.3 Å². The molecule has 2 fully saturated rings. The minimum Gasteiger partial charge on any atom is -0.482 e. The second-order valence-corrected chi connectivity index (χ2v) is 10.2. The van der Waals surface area contributed by atoms with Crippen LogP contribution in [0.5, 0.6) is 0 Å². The van der Waals surface area contributed by atoms with Gasteiger partial charge in [0.2, 0.25) is 0 Å². The van der Waals surface area contributed by atoms with Crippen LogP contribution in [0.4, 0.5) is 0 Å². The lowest BCUT2D eigenvalue weighted by Crippen LogP contribution is -2.54. The number of amides is 2. The van der Waals surface area contributed by atoms with E-state index in [-0.39, 0.29) is 24.0 Å². The number of hydrogen-bond acceptors (Lipinski definition) is 3. The molecule has 1 aliphatic carbocycles. The number of hydrogen-bond donors (Lipinski definition) is 1. The number of nitrogens with one attached hydrogen (secondary N) is 1. The highest BCUT2D eigenvalue weighted by atomic mass is 35.5. The summed E-state index contributed by atoms with van der Waals surface area (Å²) in [5, 5.41) is 3.53. The average molecular weight is 515 g/mol. The van der Waals surface area contributed by atoms with Crippen molar-refractivity contribution in [1.82, 2.24) is 10.2 Å². The van der Waals surface area contributed by atoms with Gasteiger partial charge in [0.15, 0.2) is 5.76 Å². The number of carbonyl (C=O) groups excluding carboxylic acids is 2. The lowest BCUT2D eigenvalue weighted by Gasteiger charge is -2.44. The summed E-state index contributed by atoms with van der Waals surface area (Å²) in [6.07, 6.45) is 5.94. The van der Waals surface area contributed by atoms with E-state index in [0.717, 1.165) is 42.4 Å². The van der Waals surface area contributed by atoms with Gasteiger partial charge in [0.05, 0.1) is 6.04 Å². The fourth-order valence-corrected chi connectivity index (χ4v) is 5.37. The molecule has 2 unspecified atom stereocenters. The van der Waals surface area contributed by atoms with Crippen molar-refractivity contribution in [3.8, 4) is 0 Å². The number of carbonyl (C=O) groups is 2. The van der Waals surface area contributed by atoms with E-state index in [0.29, 0.717) is 29.4 Å². The maximum atomic E-state index is 13.6. The molecule has 1 N–H and O–H groups in total. The highest BCUT2D eigenvalue weighted by molar-refractivity contribution is 6.31. The van der Waals surface area contributed by atoms with Crippen LogP contribution in [0.1, 0.15) is 58.3 Å². The van der Waals surface area contributed by atoms with Crippen LogP contribution in [0.25, 0.3) is 6.08 Å². The van der Waals surface area contributed by atoms with E-state index < -0.39 is 0 Å². The van der Waals surface area contributed by atoms with Crippen molar-refractivity contribution in [2.24, 2.45) is 0 Å². The Morgan fingerprint density at radius 2 is 1.84 bits per heavy atom. The van der Waals surface area contributed by atoms with Crippen LogP contribution < -0.4 is 5.32 Å². The van der Waals surface area contributed by atoms with Gasteiger partial charge in [0.25, 0.3) is 11.8 Å². The number of nitrogens with zero attached hydrogens (tertiary/aromatic N) is 1. The van der Waals surface area contributed by atoms with Gasteiger partial charge in [-0.05, 0) is 67.2 Å². The molecule has 1 aliphatic heterocycles. The monoisotopic (exact) mass is 514 g/mol. The molecule has 2 atom stereocenters. The van der Waals surface area contributed by atoms with E-state index in [1.54, 1.807) is 24.3 Å². The Morgan fingerprint density at radius 3 is 2.62 bits per heavy atom. The summed E-state index contributed by atoms with van der Waals surface area (Å²) in [4.78, 5) is 28.2. The van der Waals surface area contributed by atoms with Gasteiger partial charge < -0.3 is 15.0 Å². The molecule has 2 amide bonds. The largest absolute Gasteiger partial charge is 0.482 e. The molecule has 5 nitrogen and oxygen atoms in total. The smallest absolute Gasteiger partial charge is 0.289 e. The summed E-state index contributed by atoms with van der Waals surface area (Å²) < 4.78 is 6.25. The lowest BCUT2D eigenvalue weighted by molar-refractivity contribution is -0.149. The van der Waals surface area contributed by atoms with Crippen LogP contribution in [0.2, 0.25) is 5.02 Å². The zero-order valence-corrected chi connectivity index (χ0v) is 21.7. The predicted octanol–water partition coefficient (Wildman–Crippen LogP) is 6.29. The average Bonchev–Trinajstić information content (AvgIpc) is 2.91. The molecule has 6 heteroatoms. The Labute approximate surface area is 223 Å². The zero-order chi connectivity index (χ0) is 25.8. The van der Waals surface area contributed by atoms with Crippen molar-refractivity contribution in [3.05, 3.63) is 111 Å². The standard InChI is InChI=1S/C31H31ClN2O3/c1-21-7-6-8-23(17-21)20-34-27-11-4-5-12-28(27)37-29(31(34)36)18-22-13-15-24(16-14-22)30(35)33-19-25-9-2-3-10-26(25)32/h2-3,6-10,13-18,27-28H,4-5,11-12,19-20H2,1H3,(H,33,35)/b29-18+. The summed E-state index contributed by atoms with van der Waals surface area (Å²) >= 11 is 6.18. The van der Waals surface area contributed by atoms with Crippen LogP contribution in [0, 0.1) is 6.92 Å². The molecular weight excluding hydrogens is 484 g/mol. The third kappa shape index (κ3) is 5.89. The third-order valence-electron chi connectivity index (χ3n) is 7.12. The minimum absolute atomic E-state index is 0.0115. The first-order valence-corrected chi connectivity index (χ1v) is 13.2. The van der Waals surface area contributed by atoms with Gasteiger partial charge in [-0.3, -0.25) is 9.59 Å². The molecule has 1 heterocycles. The van der Waals surface area contributed by atoms with E-state index in [1.165, 1.54) is 5.56 Å². The van der Waals surface area contributed by atoms with Crippen molar-refractivity contribution in [2.45, 2.75) is 57.8 Å². The Balaban J connectivity index is 1.31. The van der Waals surface area contributed by atoms with Crippen LogP contribution in [0.3, 0.4) is 0 Å². The van der Waals surface area contributed by atoms with Crippen molar-refractivity contribution >= 4 is 29.5 Å². The first-order chi connectivity index (χ1) is 18.0. The normalized spacial score (nSPS) is 20.3. The number of aryl methyl sites for hydroxylation is 1. The zero-order valence-electron chi connectivity index (χ0n) is 21.0. The van der Waals surface area contributed by atoms with E-state index in [2.05, 4.69) is 30.4 Å². The van der Waals surface area contributed by atoms with Gasteiger partial charge in [0, 0.05) is 23.7 Å². The molecule has 3 aromatic carbocycles. The number of rotatable bonds is 6. The molecule has 2 aliphatic rings. The molecule has 0 radical (unpaired) electrons. The van der Waals surface area contributed by atoms with Crippen LogP contribution in [-0.4, -0.2) is 28.9 Å². The van der Waals surface area contributed by atoms with E-state index >= 15 is 0 Å². The molecule has 37 heavy (non-hydrogen) atoms. The van der Waals surface area contributed by atoms with Crippen molar-refractivity contribution in [1.29, 1.82) is 0 Å². The van der Waals surface area contributed by atoms with Gasteiger partial charge in [0.1, 0.15) is 6.10 Å². The van der Waals surface area contributed by atoms with Gasteiger partial charge >= 0.3 is 0 Å². The summed E-state index contributed by atoms with van der Waals surface area (Å²) in [6, 6.07) is 23.1. The van der Waals surface area contributed by atoms with E-state index in [9.17, 15) is 9.59 Å². The number of fused-ring (bicyclic) bond motifs is 1. The molecule has 0 bridgehead atoms. The first-order valence-electron chi connectivity index (χ1n) is 12.8. The summed E-state index contributed by atoms with van der Waals surface area (Å²) in [5.74, 6) is 0.108. The Bertz CT molecular complexity index is 1320. The van der Waals surface area contributed by atoms with Crippen molar-refractivity contribution in [2.75, 3.05) is 0 Å². The maximum Gasteiger partial charge on any atom is 0.289 e. The molecule has 1 saturated carbocycles. The minimum atomic E-state index is -0.182. The number of ether oxygens (including phenoxy) is 1. The molecule has 1 saturated heterocycles. The number of benzene rings is 3. The molecule has 5 rings (SSSR count). The summed E-state index contributed by atoms with van der Waals surface area (Å²) in [6.45, 7) is 3.00. The Morgan fingerprint density at radius 1 is 1.05 bits per heavy atom. The maximum absolute atomic E-state index is 13.6. The number of morpholine rings is 1. The summed E-state index contributed by atoms with van der Waals surface area (Å²) in [7, 11) is 0. The molecular formula is C31H31ClN2O3. The molecule has 0 spiro atoms. The van der Waals surface area contributed by atoms with Crippen LogP contribution >= 0.6 is 11.6 Å². The quantitative estimate of drug-likeness (QED) is 0.393. The fourth-order valence-electron chi connectivity index (χ4n) is 5.17. The Hall–Kier alpha value is -3.57. The predicted molar refractivity (Wildman–Crippen MR) is 146 cm³/mol. The van der Waals surface area contributed by atoms with Crippen molar-refractivity contribution in [3.63, 3.8) is 0 Å². The van der Waals surface area contributed by atoms with Gasteiger partial charge in [-0.15, -0.1) is 0 Å². The van der Waals surface area contributed by atoms with Crippen LogP contribution in [-0.2, 0) is 22.6 Å². The number of halogens is 1.